The Bertz CT molecular complexity index is 91.5. The summed E-state index contributed by atoms with van der Waals surface area (Å²) in [7, 11) is 0. The molecule has 6 heteroatoms. The highest BCUT2D eigenvalue weighted by atomic mass is 35.6. The van der Waals surface area contributed by atoms with Crippen LogP contribution in [0.1, 0.15) is 0 Å². The predicted molar refractivity (Wildman–Crippen MR) is 35.4 cm³/mol. The van der Waals surface area contributed by atoms with Crippen molar-refractivity contribution in [1.82, 2.24) is 5.48 Å². The van der Waals surface area contributed by atoms with Crippen molar-refractivity contribution in [1.29, 1.82) is 0 Å². The van der Waals surface area contributed by atoms with Gasteiger partial charge < -0.3 is 0 Å². The number of hydrogen-bond acceptors (Lipinski definition) is 2. The molecule has 3 nitrogen and oxygen atoms in total. The van der Waals surface area contributed by atoms with Gasteiger partial charge >= 0.3 is 0 Å². The average molecular weight is 192 g/mol. The molecule has 0 unspecified atom stereocenters. The molecule has 0 fully saturated rings. The van der Waals surface area contributed by atoms with Crippen LogP contribution in [0.25, 0.3) is 0 Å². The van der Waals surface area contributed by atoms with Crippen molar-refractivity contribution >= 4 is 41.2 Å². The highest BCUT2D eigenvalue weighted by Gasteiger charge is 2.19. The number of hydrogen-bond donors (Lipinski definition) is 1. The summed E-state index contributed by atoms with van der Waals surface area (Å²) >= 11 is 15.7. The molecule has 0 rings (SSSR count). The van der Waals surface area contributed by atoms with Gasteiger partial charge in [-0.3, -0.25) is 9.63 Å². The van der Waals surface area contributed by atoms with Gasteiger partial charge in [0, 0.05) is 0 Å². The van der Waals surface area contributed by atoms with Gasteiger partial charge in [0.15, 0.2) is 0 Å². The summed E-state index contributed by atoms with van der Waals surface area (Å²) in [6.45, 7) is -0.170. The number of carbonyl (C=O) groups is 1. The molecule has 0 saturated heterocycles. The van der Waals surface area contributed by atoms with Crippen molar-refractivity contribution in [2.75, 3.05) is 6.61 Å². The molecule has 9 heavy (non-hydrogen) atoms. The monoisotopic (exact) mass is 191 g/mol. The molecule has 0 heterocycles. The molecule has 0 spiro atoms. The maximum atomic E-state index is 9.53. The summed E-state index contributed by atoms with van der Waals surface area (Å²) in [5.41, 5.74) is 1.87. The molecule has 1 amide bonds. The standard InChI is InChI=1S/C3H4Cl3NO2/c4-3(5,6)1-9-7-2-8/h2H,1H2,(H,7,8). The van der Waals surface area contributed by atoms with Crippen LogP contribution >= 0.6 is 34.8 Å². The number of halogens is 3. The maximum absolute atomic E-state index is 9.53. The first-order valence-corrected chi connectivity index (χ1v) is 3.07. The Hall–Kier alpha value is 0.300. The lowest BCUT2D eigenvalue weighted by Crippen LogP contribution is -2.21. The SMILES string of the molecule is O=CNOCC(Cl)(Cl)Cl. The minimum absolute atomic E-state index is 0.170. The maximum Gasteiger partial charge on any atom is 0.230 e. The Morgan fingerprint density at radius 2 is 2.11 bits per heavy atom. The van der Waals surface area contributed by atoms with E-state index < -0.39 is 3.79 Å². The smallest absolute Gasteiger partial charge is 0.230 e. The highest BCUT2D eigenvalue weighted by molar-refractivity contribution is 6.67. The van der Waals surface area contributed by atoms with Crippen molar-refractivity contribution in [2.45, 2.75) is 3.79 Å². The van der Waals surface area contributed by atoms with Crippen LogP contribution in [0, 0.1) is 0 Å². The van der Waals surface area contributed by atoms with Crippen LogP contribution in [0.2, 0.25) is 0 Å². The first-order valence-electron chi connectivity index (χ1n) is 1.94. The van der Waals surface area contributed by atoms with Gasteiger partial charge in [-0.2, -0.15) is 0 Å². The second kappa shape index (κ2) is 4.17. The van der Waals surface area contributed by atoms with E-state index in [1.54, 1.807) is 0 Å². The molecule has 0 bridgehead atoms. The second-order valence-corrected chi connectivity index (χ2v) is 3.66. The van der Waals surface area contributed by atoms with Crippen LogP contribution in [-0.2, 0) is 9.63 Å². The van der Waals surface area contributed by atoms with Gasteiger partial charge in [0.25, 0.3) is 0 Å². The van der Waals surface area contributed by atoms with Crippen LogP contribution in [0.5, 0.6) is 0 Å². The minimum Gasteiger partial charge on any atom is -0.277 e. The Morgan fingerprint density at radius 3 is 2.44 bits per heavy atom. The van der Waals surface area contributed by atoms with Gasteiger partial charge in [0.05, 0.1) is 0 Å². The predicted octanol–water partition coefficient (Wildman–Crippen LogP) is 1.03. The second-order valence-electron chi connectivity index (χ2n) is 1.14. The number of hydroxylamine groups is 1. The Kier molecular flexibility index (Phi) is 4.31. The van der Waals surface area contributed by atoms with Gasteiger partial charge in [0.1, 0.15) is 6.61 Å². The summed E-state index contributed by atoms with van der Waals surface area (Å²) in [4.78, 5) is 13.9. The zero-order chi connectivity index (χ0) is 7.33. The van der Waals surface area contributed by atoms with E-state index in [1.165, 1.54) is 0 Å². The van der Waals surface area contributed by atoms with Crippen LogP contribution < -0.4 is 5.48 Å². The molecule has 54 valence electrons. The average Bonchev–Trinajstić information content (AvgIpc) is 1.63. The van der Waals surface area contributed by atoms with E-state index in [0.29, 0.717) is 6.41 Å². The quantitative estimate of drug-likeness (QED) is 0.314. The molecule has 0 aromatic heterocycles. The number of amides is 1. The van der Waals surface area contributed by atoms with Crippen LogP contribution in [0.4, 0.5) is 0 Å². The molecular weight excluding hydrogens is 188 g/mol. The lowest BCUT2D eigenvalue weighted by atomic mass is 10.8. The third-order valence-corrected chi connectivity index (χ3v) is 0.695. The van der Waals surface area contributed by atoms with Crippen LogP contribution in [0.15, 0.2) is 0 Å². The first kappa shape index (κ1) is 9.30. The Morgan fingerprint density at radius 1 is 1.56 bits per heavy atom. The molecule has 1 N–H and O–H groups in total. The van der Waals surface area contributed by atoms with Crippen LogP contribution in [0.3, 0.4) is 0 Å². The topological polar surface area (TPSA) is 38.3 Å². The normalized spacial score (nSPS) is 11.0. The van der Waals surface area contributed by atoms with Crippen molar-refractivity contribution < 1.29 is 9.63 Å². The van der Waals surface area contributed by atoms with Crippen LogP contribution in [-0.4, -0.2) is 16.8 Å². The van der Waals surface area contributed by atoms with Gasteiger partial charge in [-0.05, 0) is 0 Å². The van der Waals surface area contributed by atoms with E-state index >= 15 is 0 Å². The summed E-state index contributed by atoms with van der Waals surface area (Å²) in [5, 5.41) is 0. The molecule has 0 aliphatic heterocycles. The van der Waals surface area contributed by atoms with Crippen molar-refractivity contribution in [2.24, 2.45) is 0 Å². The van der Waals surface area contributed by atoms with E-state index in [9.17, 15) is 4.79 Å². The third-order valence-electron chi connectivity index (χ3n) is 0.367. The zero-order valence-corrected chi connectivity index (χ0v) is 6.50. The third kappa shape index (κ3) is 8.30. The Balaban J connectivity index is 3.17. The molecular formula is C3H4Cl3NO2. The van der Waals surface area contributed by atoms with E-state index in [-0.39, 0.29) is 6.61 Å². The fraction of sp³-hybridized carbons (Fsp3) is 0.667. The Labute approximate surface area is 67.2 Å². The van der Waals surface area contributed by atoms with Gasteiger partial charge in [-0.25, -0.2) is 5.48 Å². The van der Waals surface area contributed by atoms with E-state index in [2.05, 4.69) is 4.84 Å². The number of carbonyl (C=O) groups excluding carboxylic acids is 1. The van der Waals surface area contributed by atoms with E-state index in [4.69, 9.17) is 34.8 Å². The molecule has 0 radical (unpaired) electrons. The molecule has 0 aromatic carbocycles. The zero-order valence-electron chi connectivity index (χ0n) is 4.23. The fourth-order valence-electron chi connectivity index (χ4n) is 0.158. The van der Waals surface area contributed by atoms with E-state index in [1.807, 2.05) is 5.48 Å². The molecule has 0 aromatic rings. The lowest BCUT2D eigenvalue weighted by molar-refractivity contribution is -0.120. The van der Waals surface area contributed by atoms with Gasteiger partial charge in [-0.15, -0.1) is 0 Å². The largest absolute Gasteiger partial charge is 0.277 e. The van der Waals surface area contributed by atoms with Crippen molar-refractivity contribution in [3.8, 4) is 0 Å². The summed E-state index contributed by atoms with van der Waals surface area (Å²) in [6, 6.07) is 0. The number of nitrogens with one attached hydrogen (secondary N) is 1. The molecule has 0 aliphatic carbocycles. The van der Waals surface area contributed by atoms with Gasteiger partial charge in [-0.1, -0.05) is 34.8 Å². The van der Waals surface area contributed by atoms with Gasteiger partial charge in [0.2, 0.25) is 10.2 Å². The number of rotatable bonds is 3. The molecule has 0 saturated carbocycles. The van der Waals surface area contributed by atoms with E-state index in [0.717, 1.165) is 0 Å². The summed E-state index contributed by atoms with van der Waals surface area (Å²) < 4.78 is -1.48. The summed E-state index contributed by atoms with van der Waals surface area (Å²) in [6.07, 6.45) is 0.344. The molecule has 0 atom stereocenters. The first-order chi connectivity index (χ1) is 4.06. The van der Waals surface area contributed by atoms with Crippen molar-refractivity contribution in [3.63, 3.8) is 0 Å². The van der Waals surface area contributed by atoms with Crippen molar-refractivity contribution in [3.05, 3.63) is 0 Å². The lowest BCUT2D eigenvalue weighted by Gasteiger charge is -2.08. The fourth-order valence-corrected chi connectivity index (χ4v) is 0.321. The minimum atomic E-state index is -1.48. The summed E-state index contributed by atoms with van der Waals surface area (Å²) in [5.74, 6) is 0. The molecule has 0 aliphatic rings. The highest BCUT2D eigenvalue weighted by Crippen LogP contribution is 2.25. The number of alkyl halides is 3.